The van der Waals surface area contributed by atoms with Crippen LogP contribution in [0.15, 0.2) is 42.5 Å². The van der Waals surface area contributed by atoms with Crippen molar-refractivity contribution >= 4 is 50.5 Å². The summed E-state index contributed by atoms with van der Waals surface area (Å²) in [5.74, 6) is -1.01. The number of hydrogen-bond acceptors (Lipinski definition) is 3. The summed E-state index contributed by atoms with van der Waals surface area (Å²) in [6, 6.07) is 11.3. The molecule has 4 nitrogen and oxygen atoms in total. The van der Waals surface area contributed by atoms with Gasteiger partial charge in [0.05, 0.1) is 16.3 Å². The van der Waals surface area contributed by atoms with E-state index >= 15 is 0 Å². The minimum absolute atomic E-state index is 0.184. The quantitative estimate of drug-likeness (QED) is 0.580. The van der Waals surface area contributed by atoms with E-state index in [0.717, 1.165) is 37.0 Å². The molecule has 2 amide bonds. The number of halogens is 2. The number of para-hydroxylation sites is 1. The average molecular weight is 417 g/mol. The second kappa shape index (κ2) is 7.89. The summed E-state index contributed by atoms with van der Waals surface area (Å²) < 4.78 is 14.1. The second-order valence-corrected chi connectivity index (χ2v) is 8.27. The molecule has 0 atom stereocenters. The maximum absolute atomic E-state index is 13.5. The van der Waals surface area contributed by atoms with Crippen molar-refractivity contribution in [3.05, 3.63) is 63.7 Å². The van der Waals surface area contributed by atoms with Gasteiger partial charge in [-0.05, 0) is 43.2 Å². The maximum Gasteiger partial charge on any atom is 0.267 e. The van der Waals surface area contributed by atoms with Gasteiger partial charge in [0.25, 0.3) is 11.8 Å². The van der Waals surface area contributed by atoms with Crippen LogP contribution in [0.25, 0.3) is 10.1 Å². The number of hydrogen-bond donors (Lipinski definition) is 2. The largest absolute Gasteiger partial charge is 0.349 e. The van der Waals surface area contributed by atoms with Crippen molar-refractivity contribution in [1.82, 2.24) is 5.32 Å². The molecule has 4 rings (SSSR count). The summed E-state index contributed by atoms with van der Waals surface area (Å²) in [6.07, 6.45) is 4.20. The molecular formula is C21H18ClFN2O2S. The number of anilines is 1. The van der Waals surface area contributed by atoms with Gasteiger partial charge in [-0.15, -0.1) is 11.3 Å². The molecule has 0 saturated heterocycles. The molecule has 0 aliphatic heterocycles. The van der Waals surface area contributed by atoms with Crippen LogP contribution in [0.1, 0.15) is 45.7 Å². The van der Waals surface area contributed by atoms with E-state index in [1.807, 2.05) is 0 Å². The molecule has 1 aliphatic rings. The zero-order chi connectivity index (χ0) is 19.7. The Hall–Kier alpha value is -2.44. The zero-order valence-electron chi connectivity index (χ0n) is 14.9. The van der Waals surface area contributed by atoms with Gasteiger partial charge in [0, 0.05) is 16.1 Å². The number of thiophene rings is 1. The minimum Gasteiger partial charge on any atom is -0.349 e. The van der Waals surface area contributed by atoms with Gasteiger partial charge < -0.3 is 10.6 Å². The summed E-state index contributed by atoms with van der Waals surface area (Å²) in [7, 11) is 0. The van der Waals surface area contributed by atoms with Crippen LogP contribution in [0.2, 0.25) is 5.02 Å². The minimum atomic E-state index is -0.423. The monoisotopic (exact) mass is 416 g/mol. The van der Waals surface area contributed by atoms with E-state index < -0.39 is 5.91 Å². The van der Waals surface area contributed by atoms with E-state index in [4.69, 9.17) is 11.6 Å². The summed E-state index contributed by atoms with van der Waals surface area (Å²) in [5, 5.41) is 6.73. The lowest BCUT2D eigenvalue weighted by Crippen LogP contribution is -2.33. The van der Waals surface area contributed by atoms with Crippen LogP contribution in [0.5, 0.6) is 0 Å². The molecule has 1 fully saturated rings. The van der Waals surface area contributed by atoms with Gasteiger partial charge in [0.15, 0.2) is 0 Å². The highest BCUT2D eigenvalue weighted by molar-refractivity contribution is 7.21. The Morgan fingerprint density at radius 3 is 2.61 bits per heavy atom. The van der Waals surface area contributed by atoms with Gasteiger partial charge >= 0.3 is 0 Å². The van der Waals surface area contributed by atoms with Crippen molar-refractivity contribution in [2.24, 2.45) is 0 Å². The highest BCUT2D eigenvalue weighted by Gasteiger charge is 2.22. The number of carbonyl (C=O) groups is 2. The molecule has 3 aromatic rings. The molecule has 1 aromatic heterocycles. The Balaban J connectivity index is 1.58. The maximum atomic E-state index is 13.5. The summed E-state index contributed by atoms with van der Waals surface area (Å²) in [6.45, 7) is 0. The lowest BCUT2D eigenvalue weighted by molar-refractivity contribution is 0.0939. The Labute approximate surface area is 170 Å². The van der Waals surface area contributed by atoms with Crippen LogP contribution in [-0.2, 0) is 0 Å². The third-order valence-corrected chi connectivity index (χ3v) is 6.56. The number of nitrogens with one attached hydrogen (secondary N) is 2. The average Bonchev–Trinajstić information content (AvgIpc) is 3.30. The molecule has 0 unspecified atom stereocenters. The van der Waals surface area contributed by atoms with Gasteiger partial charge in [-0.3, -0.25) is 9.59 Å². The fourth-order valence-electron chi connectivity index (χ4n) is 3.49. The summed E-state index contributed by atoms with van der Waals surface area (Å²) >= 11 is 7.46. The fraction of sp³-hybridized carbons (Fsp3) is 0.238. The molecule has 1 aliphatic carbocycles. The first-order valence-corrected chi connectivity index (χ1v) is 10.3. The SMILES string of the molecule is O=C(NC1CCCC1)c1ccccc1NC(=O)c1sc2cc(F)ccc2c1Cl. The van der Waals surface area contributed by atoms with Gasteiger partial charge in [-0.2, -0.15) is 0 Å². The van der Waals surface area contributed by atoms with Crippen molar-refractivity contribution in [1.29, 1.82) is 0 Å². The second-order valence-electron chi connectivity index (χ2n) is 6.84. The zero-order valence-corrected chi connectivity index (χ0v) is 16.5. The Morgan fingerprint density at radius 1 is 1.07 bits per heavy atom. The molecule has 2 N–H and O–H groups in total. The fourth-order valence-corrected chi connectivity index (χ4v) is 4.92. The van der Waals surface area contributed by atoms with Crippen molar-refractivity contribution in [3.8, 4) is 0 Å². The third kappa shape index (κ3) is 3.75. The van der Waals surface area contributed by atoms with Gasteiger partial charge in [-0.1, -0.05) is 36.6 Å². The molecular weight excluding hydrogens is 399 g/mol. The predicted octanol–water partition coefficient (Wildman–Crippen LogP) is 5.62. The molecule has 0 radical (unpaired) electrons. The molecule has 28 heavy (non-hydrogen) atoms. The Bertz CT molecular complexity index is 1060. The molecule has 7 heteroatoms. The Morgan fingerprint density at radius 2 is 1.82 bits per heavy atom. The van der Waals surface area contributed by atoms with Crippen LogP contribution < -0.4 is 10.6 Å². The first kappa shape index (κ1) is 18.9. The first-order chi connectivity index (χ1) is 13.5. The smallest absolute Gasteiger partial charge is 0.267 e. The lowest BCUT2D eigenvalue weighted by atomic mass is 10.1. The van der Waals surface area contributed by atoms with Crippen LogP contribution in [0.3, 0.4) is 0 Å². The molecule has 0 bridgehead atoms. The topological polar surface area (TPSA) is 58.2 Å². The molecule has 0 spiro atoms. The number of benzene rings is 2. The van der Waals surface area contributed by atoms with Crippen molar-refractivity contribution < 1.29 is 14.0 Å². The van der Waals surface area contributed by atoms with E-state index in [2.05, 4.69) is 10.6 Å². The standard InChI is InChI=1S/C21H18ClFN2O2S/c22-18-15-10-9-12(23)11-17(15)28-19(18)21(27)25-16-8-4-3-7-14(16)20(26)24-13-5-1-2-6-13/h3-4,7-11,13H,1-2,5-6H2,(H,24,26)(H,25,27). The summed E-state index contributed by atoms with van der Waals surface area (Å²) in [5.41, 5.74) is 0.828. The third-order valence-electron chi connectivity index (χ3n) is 4.91. The Kier molecular flexibility index (Phi) is 5.33. The predicted molar refractivity (Wildman–Crippen MR) is 111 cm³/mol. The van der Waals surface area contributed by atoms with E-state index in [1.54, 1.807) is 30.3 Å². The van der Waals surface area contributed by atoms with Crippen LogP contribution >= 0.6 is 22.9 Å². The molecule has 1 saturated carbocycles. The van der Waals surface area contributed by atoms with Crippen molar-refractivity contribution in [2.75, 3.05) is 5.32 Å². The van der Waals surface area contributed by atoms with E-state index in [1.165, 1.54) is 12.1 Å². The van der Waals surface area contributed by atoms with Gasteiger partial charge in [-0.25, -0.2) is 4.39 Å². The normalized spacial score (nSPS) is 14.4. The summed E-state index contributed by atoms with van der Waals surface area (Å²) in [4.78, 5) is 25.7. The number of rotatable bonds is 4. The van der Waals surface area contributed by atoms with Crippen LogP contribution in [0, 0.1) is 5.82 Å². The molecule has 2 aromatic carbocycles. The van der Waals surface area contributed by atoms with E-state index in [-0.39, 0.29) is 27.7 Å². The van der Waals surface area contributed by atoms with Gasteiger partial charge in [0.1, 0.15) is 10.7 Å². The molecule has 144 valence electrons. The number of carbonyl (C=O) groups excluding carboxylic acids is 2. The molecule has 1 heterocycles. The highest BCUT2D eigenvalue weighted by Crippen LogP contribution is 2.36. The first-order valence-electron chi connectivity index (χ1n) is 9.12. The number of amides is 2. The van der Waals surface area contributed by atoms with Crippen LogP contribution in [0.4, 0.5) is 10.1 Å². The van der Waals surface area contributed by atoms with Crippen molar-refractivity contribution in [2.45, 2.75) is 31.7 Å². The number of fused-ring (bicyclic) bond motifs is 1. The highest BCUT2D eigenvalue weighted by atomic mass is 35.5. The lowest BCUT2D eigenvalue weighted by Gasteiger charge is -2.14. The van der Waals surface area contributed by atoms with Gasteiger partial charge in [0.2, 0.25) is 0 Å². The van der Waals surface area contributed by atoms with E-state index in [0.29, 0.717) is 21.3 Å². The van der Waals surface area contributed by atoms with Crippen LogP contribution in [-0.4, -0.2) is 17.9 Å². The van der Waals surface area contributed by atoms with E-state index in [9.17, 15) is 14.0 Å². The van der Waals surface area contributed by atoms with Crippen molar-refractivity contribution in [3.63, 3.8) is 0 Å².